The van der Waals surface area contributed by atoms with Crippen molar-refractivity contribution in [3.05, 3.63) is 35.8 Å². The van der Waals surface area contributed by atoms with Crippen LogP contribution in [0, 0.1) is 0 Å². The van der Waals surface area contributed by atoms with Crippen molar-refractivity contribution in [3.8, 4) is 0 Å². The van der Waals surface area contributed by atoms with Gasteiger partial charge in [0, 0.05) is 18.4 Å². The van der Waals surface area contributed by atoms with E-state index in [-0.39, 0.29) is 0 Å². The van der Waals surface area contributed by atoms with Gasteiger partial charge in [-0.15, -0.1) is 0 Å². The molecule has 1 heterocycles. The Hall–Kier alpha value is -1.22. The molecule has 0 saturated heterocycles. The Kier molecular flexibility index (Phi) is 2.12. The van der Waals surface area contributed by atoms with Crippen LogP contribution in [-0.2, 0) is 0 Å². The van der Waals surface area contributed by atoms with Gasteiger partial charge in [0.05, 0.1) is 5.70 Å². The number of allylic oxidation sites excluding steroid dienone is 3. The van der Waals surface area contributed by atoms with Crippen molar-refractivity contribution in [1.82, 2.24) is 5.32 Å². The summed E-state index contributed by atoms with van der Waals surface area (Å²) in [6.07, 6.45) is 7.24. The van der Waals surface area contributed by atoms with Gasteiger partial charge < -0.3 is 16.8 Å². The third-order valence-electron chi connectivity index (χ3n) is 1.28. The van der Waals surface area contributed by atoms with Crippen molar-refractivity contribution in [2.24, 2.45) is 11.5 Å². The highest BCUT2D eigenvalue weighted by Crippen LogP contribution is 2.01. The highest BCUT2D eigenvalue weighted by molar-refractivity contribution is 5.31. The van der Waals surface area contributed by atoms with Crippen molar-refractivity contribution in [1.29, 1.82) is 0 Å². The summed E-state index contributed by atoms with van der Waals surface area (Å²) in [7, 11) is 0. The van der Waals surface area contributed by atoms with Gasteiger partial charge in [0.2, 0.25) is 0 Å². The smallest absolute Gasteiger partial charge is 0.0539 e. The average Bonchev–Trinajstić information content (AvgIpc) is 2.05. The maximum absolute atomic E-state index is 5.39. The molecule has 1 rings (SSSR count). The van der Waals surface area contributed by atoms with E-state index in [9.17, 15) is 0 Å². The molecule has 0 aliphatic carbocycles. The fourth-order valence-corrected chi connectivity index (χ4v) is 0.753. The lowest BCUT2D eigenvalue weighted by atomic mass is 10.2. The Labute approximate surface area is 60.1 Å². The van der Waals surface area contributed by atoms with Gasteiger partial charge in [-0.25, -0.2) is 0 Å². The molecule has 0 unspecified atom stereocenters. The van der Waals surface area contributed by atoms with Crippen molar-refractivity contribution >= 4 is 0 Å². The van der Waals surface area contributed by atoms with Gasteiger partial charge in [0.25, 0.3) is 0 Å². The molecule has 0 aromatic heterocycles. The zero-order valence-electron chi connectivity index (χ0n) is 5.67. The molecule has 0 bridgehead atoms. The van der Waals surface area contributed by atoms with Gasteiger partial charge in [-0.2, -0.15) is 0 Å². The first-order valence-electron chi connectivity index (χ1n) is 3.13. The molecule has 0 atom stereocenters. The van der Waals surface area contributed by atoms with Gasteiger partial charge in [-0.1, -0.05) is 6.08 Å². The van der Waals surface area contributed by atoms with Gasteiger partial charge in [-0.05, 0) is 12.2 Å². The largest absolute Gasteiger partial charge is 0.403 e. The van der Waals surface area contributed by atoms with Gasteiger partial charge in [-0.3, -0.25) is 0 Å². The molecular weight excluding hydrogens is 126 g/mol. The lowest BCUT2D eigenvalue weighted by molar-refractivity contribution is 0.923. The molecule has 0 aromatic rings. The molecule has 1 aliphatic heterocycles. The highest BCUT2D eigenvalue weighted by atomic mass is 14.9. The van der Waals surface area contributed by atoms with Crippen LogP contribution in [-0.4, -0.2) is 6.54 Å². The Balaban J connectivity index is 2.68. The van der Waals surface area contributed by atoms with E-state index >= 15 is 0 Å². The third-order valence-corrected chi connectivity index (χ3v) is 1.28. The molecule has 3 heteroatoms. The fraction of sp³-hybridized carbons (Fsp3) is 0.143. The SMILES string of the molecule is N/C=C1/C=CC=C(CN)N1. The molecule has 10 heavy (non-hydrogen) atoms. The molecule has 54 valence electrons. The molecule has 0 amide bonds. The van der Waals surface area contributed by atoms with Crippen molar-refractivity contribution in [3.63, 3.8) is 0 Å². The maximum Gasteiger partial charge on any atom is 0.0539 e. The second-order valence-corrected chi connectivity index (χ2v) is 2.00. The summed E-state index contributed by atoms with van der Waals surface area (Å²) < 4.78 is 0. The first-order valence-corrected chi connectivity index (χ1v) is 3.13. The normalized spacial score (nSPS) is 20.5. The Bertz CT molecular complexity index is 201. The standard InChI is InChI=1S/C7H11N3/c8-4-6-2-1-3-7(5-9)10-6/h1-4,10H,5,8-9H2/b6-4-. The van der Waals surface area contributed by atoms with Gasteiger partial charge in [0.1, 0.15) is 0 Å². The monoisotopic (exact) mass is 137 g/mol. The summed E-state index contributed by atoms with van der Waals surface area (Å²) in [5.74, 6) is 0. The summed E-state index contributed by atoms with van der Waals surface area (Å²) in [6.45, 7) is 0.516. The van der Waals surface area contributed by atoms with Crippen LogP contribution in [0.4, 0.5) is 0 Å². The number of hydrogen-bond acceptors (Lipinski definition) is 3. The maximum atomic E-state index is 5.39. The van der Waals surface area contributed by atoms with Crippen LogP contribution < -0.4 is 16.8 Å². The molecule has 5 N–H and O–H groups in total. The minimum absolute atomic E-state index is 0.516. The fourth-order valence-electron chi connectivity index (χ4n) is 0.753. The van der Waals surface area contributed by atoms with Gasteiger partial charge >= 0.3 is 0 Å². The highest BCUT2D eigenvalue weighted by Gasteiger charge is 1.97. The van der Waals surface area contributed by atoms with Crippen LogP contribution in [0.15, 0.2) is 35.8 Å². The van der Waals surface area contributed by atoms with Crippen LogP contribution in [0.3, 0.4) is 0 Å². The molecule has 3 nitrogen and oxygen atoms in total. The third kappa shape index (κ3) is 1.39. The second kappa shape index (κ2) is 3.08. The molecular formula is C7H11N3. The van der Waals surface area contributed by atoms with E-state index < -0.39 is 0 Å². The summed E-state index contributed by atoms with van der Waals surface area (Å²) in [5.41, 5.74) is 12.5. The number of nitrogens with two attached hydrogens (primary N) is 2. The Morgan fingerprint density at radius 3 is 3.00 bits per heavy atom. The minimum Gasteiger partial charge on any atom is -0.403 e. The van der Waals surface area contributed by atoms with E-state index in [4.69, 9.17) is 11.5 Å². The van der Waals surface area contributed by atoms with Crippen molar-refractivity contribution in [2.45, 2.75) is 0 Å². The summed E-state index contributed by atoms with van der Waals surface area (Å²) in [4.78, 5) is 0. The predicted molar refractivity (Wildman–Crippen MR) is 41.7 cm³/mol. The van der Waals surface area contributed by atoms with E-state index in [1.54, 1.807) is 0 Å². The molecule has 0 fully saturated rings. The van der Waals surface area contributed by atoms with E-state index in [2.05, 4.69) is 5.32 Å². The number of hydrogen-bond donors (Lipinski definition) is 3. The Morgan fingerprint density at radius 2 is 2.40 bits per heavy atom. The first-order chi connectivity index (χ1) is 4.86. The summed E-state index contributed by atoms with van der Waals surface area (Å²) in [5, 5.41) is 3.04. The second-order valence-electron chi connectivity index (χ2n) is 2.00. The van der Waals surface area contributed by atoms with E-state index in [0.29, 0.717) is 6.54 Å². The van der Waals surface area contributed by atoms with Crippen LogP contribution in [0.5, 0.6) is 0 Å². The first kappa shape index (κ1) is 6.89. The Morgan fingerprint density at radius 1 is 1.60 bits per heavy atom. The van der Waals surface area contributed by atoms with E-state index in [1.807, 2.05) is 18.2 Å². The quantitative estimate of drug-likeness (QED) is 0.468. The topological polar surface area (TPSA) is 64.1 Å². The summed E-state index contributed by atoms with van der Waals surface area (Å²) in [6, 6.07) is 0. The number of dihydropyridines is 1. The summed E-state index contributed by atoms with van der Waals surface area (Å²) >= 11 is 0. The average molecular weight is 137 g/mol. The van der Waals surface area contributed by atoms with Crippen molar-refractivity contribution in [2.75, 3.05) is 6.54 Å². The molecule has 0 spiro atoms. The lowest BCUT2D eigenvalue weighted by Crippen LogP contribution is -2.21. The van der Waals surface area contributed by atoms with Crippen LogP contribution in [0.1, 0.15) is 0 Å². The zero-order valence-corrected chi connectivity index (χ0v) is 5.67. The predicted octanol–water partition coefficient (Wildman–Crippen LogP) is -0.211. The molecule has 0 aromatic carbocycles. The molecule has 0 radical (unpaired) electrons. The lowest BCUT2D eigenvalue weighted by Gasteiger charge is -2.11. The van der Waals surface area contributed by atoms with E-state index in [1.165, 1.54) is 6.20 Å². The van der Waals surface area contributed by atoms with Crippen LogP contribution in [0.25, 0.3) is 0 Å². The van der Waals surface area contributed by atoms with Crippen LogP contribution >= 0.6 is 0 Å². The van der Waals surface area contributed by atoms with Gasteiger partial charge in [0.15, 0.2) is 0 Å². The minimum atomic E-state index is 0.516. The zero-order chi connectivity index (χ0) is 7.40. The number of rotatable bonds is 1. The molecule has 0 saturated carbocycles. The van der Waals surface area contributed by atoms with Crippen molar-refractivity contribution < 1.29 is 0 Å². The van der Waals surface area contributed by atoms with E-state index in [0.717, 1.165) is 11.4 Å². The number of nitrogens with one attached hydrogen (secondary N) is 1. The molecule has 1 aliphatic rings. The van der Waals surface area contributed by atoms with Crippen LogP contribution in [0.2, 0.25) is 0 Å².